The van der Waals surface area contributed by atoms with Crippen LogP contribution in [0.5, 0.6) is 17.2 Å². The third kappa shape index (κ3) is 6.20. The molecule has 1 N–H and O–H groups in total. The van der Waals surface area contributed by atoms with Gasteiger partial charge in [-0.1, -0.05) is 54.6 Å². The van der Waals surface area contributed by atoms with Gasteiger partial charge in [-0.05, 0) is 54.5 Å². The van der Waals surface area contributed by atoms with Gasteiger partial charge in [0.15, 0.2) is 11.5 Å². The second-order valence-electron chi connectivity index (χ2n) is 10.7. The molecule has 0 radical (unpaired) electrons. The zero-order valence-electron chi connectivity index (χ0n) is 23.9. The molecule has 2 bridgehead atoms. The van der Waals surface area contributed by atoms with Gasteiger partial charge in [-0.25, -0.2) is 0 Å². The van der Waals surface area contributed by atoms with E-state index in [0.717, 1.165) is 55.7 Å². The van der Waals surface area contributed by atoms with E-state index in [1.807, 2.05) is 12.1 Å². The second-order valence-corrected chi connectivity index (χ2v) is 10.7. The number of ether oxygens (including phenoxy) is 3. The lowest BCUT2D eigenvalue weighted by atomic mass is 10.1. The maximum atomic E-state index is 13.9. The zero-order valence-corrected chi connectivity index (χ0v) is 23.9. The van der Waals surface area contributed by atoms with E-state index in [9.17, 15) is 4.79 Å². The van der Waals surface area contributed by atoms with Crippen molar-refractivity contribution in [1.82, 2.24) is 9.80 Å². The lowest BCUT2D eigenvalue weighted by Gasteiger charge is -2.34. The molecule has 212 valence electrons. The molecule has 3 aromatic carbocycles. The number of anilines is 1. The molecule has 2 aliphatic heterocycles. The van der Waals surface area contributed by atoms with Gasteiger partial charge in [0.1, 0.15) is 0 Å². The molecule has 0 aliphatic carbocycles. The highest BCUT2D eigenvalue weighted by atomic mass is 16.5. The zero-order chi connectivity index (χ0) is 27.9. The van der Waals surface area contributed by atoms with E-state index in [0.29, 0.717) is 48.7 Å². The Morgan fingerprint density at radius 3 is 2.38 bits per heavy atom. The summed E-state index contributed by atoms with van der Waals surface area (Å²) in [5.74, 6) is 1.93. The molecule has 7 nitrogen and oxygen atoms in total. The van der Waals surface area contributed by atoms with Crippen LogP contribution in [-0.2, 0) is 24.3 Å². The minimum absolute atomic E-state index is 0.147. The summed E-state index contributed by atoms with van der Waals surface area (Å²) in [4.78, 5) is 18.7. The number of methoxy groups -OCH3 is 3. The Hall–Kier alpha value is -3.71. The first kappa shape index (κ1) is 27.8. The minimum Gasteiger partial charge on any atom is -0.493 e. The second kappa shape index (κ2) is 13.1. The van der Waals surface area contributed by atoms with Crippen molar-refractivity contribution < 1.29 is 19.0 Å². The van der Waals surface area contributed by atoms with E-state index >= 15 is 0 Å². The number of carbonyl (C=O) groups excluding carboxylic acids is 1. The van der Waals surface area contributed by atoms with Crippen molar-refractivity contribution >= 4 is 11.6 Å². The number of benzene rings is 3. The Morgan fingerprint density at radius 1 is 0.850 bits per heavy atom. The SMILES string of the molecule is COc1ccc(CCC(=O)N2Cc3ccccc3NCC[C@@H]3CC[C@H](C2)N3Cc2ccccc2)c(OC)c1OC. The fourth-order valence-electron chi connectivity index (χ4n) is 6.25. The first-order valence-corrected chi connectivity index (χ1v) is 14.3. The van der Waals surface area contributed by atoms with Gasteiger partial charge in [-0.2, -0.15) is 0 Å². The van der Waals surface area contributed by atoms with Crippen LogP contribution in [-0.4, -0.2) is 62.2 Å². The Bertz CT molecular complexity index is 1280. The average Bonchev–Trinajstić information content (AvgIpc) is 3.34. The summed E-state index contributed by atoms with van der Waals surface area (Å²) >= 11 is 0. The van der Waals surface area contributed by atoms with Gasteiger partial charge < -0.3 is 24.4 Å². The molecular formula is C33H41N3O4. The van der Waals surface area contributed by atoms with Crippen LogP contribution in [0.2, 0.25) is 0 Å². The monoisotopic (exact) mass is 543 g/mol. The first-order chi connectivity index (χ1) is 19.6. The fourth-order valence-corrected chi connectivity index (χ4v) is 6.25. The van der Waals surface area contributed by atoms with Crippen LogP contribution < -0.4 is 19.5 Å². The summed E-state index contributed by atoms with van der Waals surface area (Å²) in [6.45, 7) is 3.14. The van der Waals surface area contributed by atoms with Crippen LogP contribution in [0.3, 0.4) is 0 Å². The van der Waals surface area contributed by atoms with E-state index in [-0.39, 0.29) is 5.91 Å². The highest BCUT2D eigenvalue weighted by molar-refractivity contribution is 5.77. The molecule has 2 atom stereocenters. The molecule has 5 rings (SSSR count). The molecule has 1 fully saturated rings. The molecule has 7 heteroatoms. The summed E-state index contributed by atoms with van der Waals surface area (Å²) < 4.78 is 16.7. The van der Waals surface area contributed by atoms with Crippen molar-refractivity contribution in [3.8, 4) is 17.2 Å². The van der Waals surface area contributed by atoms with Gasteiger partial charge in [0, 0.05) is 50.4 Å². The molecule has 40 heavy (non-hydrogen) atoms. The number of hydrogen-bond donors (Lipinski definition) is 1. The number of para-hydroxylation sites is 1. The number of amides is 1. The van der Waals surface area contributed by atoms with Crippen molar-refractivity contribution in [2.45, 2.75) is 57.3 Å². The normalized spacial score (nSPS) is 19.2. The van der Waals surface area contributed by atoms with Crippen LogP contribution in [0.1, 0.15) is 42.4 Å². The Labute approximate surface area is 238 Å². The summed E-state index contributed by atoms with van der Waals surface area (Å²) in [7, 11) is 4.83. The summed E-state index contributed by atoms with van der Waals surface area (Å²) in [5, 5.41) is 3.68. The maximum Gasteiger partial charge on any atom is 0.223 e. The highest BCUT2D eigenvalue weighted by Crippen LogP contribution is 2.40. The van der Waals surface area contributed by atoms with E-state index in [1.165, 1.54) is 5.56 Å². The van der Waals surface area contributed by atoms with Crippen LogP contribution in [0.4, 0.5) is 5.69 Å². The number of nitrogens with one attached hydrogen (secondary N) is 1. The Kier molecular flexibility index (Phi) is 9.12. The smallest absolute Gasteiger partial charge is 0.223 e. The largest absolute Gasteiger partial charge is 0.493 e. The van der Waals surface area contributed by atoms with Gasteiger partial charge in [0.2, 0.25) is 11.7 Å². The topological polar surface area (TPSA) is 63.3 Å². The minimum atomic E-state index is 0.147. The Balaban J connectivity index is 1.39. The lowest BCUT2D eigenvalue weighted by molar-refractivity contribution is -0.132. The van der Waals surface area contributed by atoms with Gasteiger partial charge in [0.05, 0.1) is 21.3 Å². The van der Waals surface area contributed by atoms with Gasteiger partial charge in [-0.15, -0.1) is 0 Å². The molecule has 1 amide bonds. The molecule has 3 aromatic rings. The predicted molar refractivity (Wildman–Crippen MR) is 158 cm³/mol. The fraction of sp³-hybridized carbons (Fsp3) is 0.424. The number of carbonyl (C=O) groups is 1. The third-order valence-electron chi connectivity index (χ3n) is 8.33. The molecule has 0 aromatic heterocycles. The number of aryl methyl sites for hydroxylation is 1. The van der Waals surface area contributed by atoms with Crippen LogP contribution in [0.25, 0.3) is 0 Å². The standard InChI is InChI=1S/C33H41N3O4/c1-38-30-17-13-25(32(39-2)33(30)40-3)14-18-31(37)35-22-26-11-7-8-12-29(26)34-20-19-27-15-16-28(23-35)36(27)21-24-9-5-4-6-10-24/h4-13,17,27-28,34H,14-16,18-23H2,1-3H3/t27-,28+/m0/s1. The molecule has 0 saturated carbocycles. The van der Waals surface area contributed by atoms with Crippen LogP contribution >= 0.6 is 0 Å². The van der Waals surface area contributed by atoms with Crippen molar-refractivity contribution in [3.63, 3.8) is 0 Å². The van der Waals surface area contributed by atoms with Crippen LogP contribution in [0.15, 0.2) is 66.7 Å². The van der Waals surface area contributed by atoms with Crippen molar-refractivity contribution in [3.05, 3.63) is 83.4 Å². The maximum absolute atomic E-state index is 13.9. The molecule has 2 aliphatic rings. The summed E-state index contributed by atoms with van der Waals surface area (Å²) in [6, 6.07) is 23.8. The first-order valence-electron chi connectivity index (χ1n) is 14.3. The number of fused-ring (bicyclic) bond motifs is 3. The van der Waals surface area contributed by atoms with E-state index in [1.54, 1.807) is 21.3 Å². The highest BCUT2D eigenvalue weighted by Gasteiger charge is 2.35. The molecule has 2 heterocycles. The number of rotatable bonds is 8. The molecule has 0 unspecified atom stereocenters. The van der Waals surface area contributed by atoms with E-state index < -0.39 is 0 Å². The average molecular weight is 544 g/mol. The van der Waals surface area contributed by atoms with Crippen molar-refractivity contribution in [1.29, 1.82) is 0 Å². The quantitative estimate of drug-likeness (QED) is 0.404. The number of hydrogen-bond acceptors (Lipinski definition) is 6. The predicted octanol–water partition coefficient (Wildman–Crippen LogP) is 5.52. The van der Waals surface area contributed by atoms with Gasteiger partial charge in [0.25, 0.3) is 0 Å². The van der Waals surface area contributed by atoms with Gasteiger partial charge >= 0.3 is 0 Å². The lowest BCUT2D eigenvalue weighted by Crippen LogP contribution is -2.44. The van der Waals surface area contributed by atoms with E-state index in [2.05, 4.69) is 69.7 Å². The molecule has 1 saturated heterocycles. The molecule has 0 spiro atoms. The summed E-state index contributed by atoms with van der Waals surface area (Å²) in [5.41, 5.74) is 4.53. The van der Waals surface area contributed by atoms with Gasteiger partial charge in [-0.3, -0.25) is 9.69 Å². The van der Waals surface area contributed by atoms with E-state index in [4.69, 9.17) is 14.2 Å². The third-order valence-corrected chi connectivity index (χ3v) is 8.33. The van der Waals surface area contributed by atoms with Crippen molar-refractivity contribution in [2.24, 2.45) is 0 Å². The Morgan fingerprint density at radius 2 is 1.60 bits per heavy atom. The number of nitrogens with zero attached hydrogens (tertiary/aromatic N) is 2. The van der Waals surface area contributed by atoms with Crippen molar-refractivity contribution in [2.75, 3.05) is 39.7 Å². The molecular weight excluding hydrogens is 502 g/mol. The van der Waals surface area contributed by atoms with Crippen LogP contribution in [0, 0.1) is 0 Å². The summed E-state index contributed by atoms with van der Waals surface area (Å²) in [6.07, 6.45) is 4.29.